The third-order valence-corrected chi connectivity index (χ3v) is 1.93. The summed E-state index contributed by atoms with van der Waals surface area (Å²) < 4.78 is 16.0. The van der Waals surface area contributed by atoms with Gasteiger partial charge >= 0.3 is 6.08 Å². The SMILES string of the molecule is CCOc1nc2cccc(OCC)c2o1. The van der Waals surface area contributed by atoms with Crippen LogP contribution < -0.4 is 9.47 Å². The van der Waals surface area contributed by atoms with E-state index in [1.807, 2.05) is 32.0 Å². The van der Waals surface area contributed by atoms with Gasteiger partial charge in [0.05, 0.1) is 13.2 Å². The van der Waals surface area contributed by atoms with Crippen LogP contribution in [0.1, 0.15) is 13.8 Å². The highest BCUT2D eigenvalue weighted by Crippen LogP contribution is 2.29. The summed E-state index contributed by atoms with van der Waals surface area (Å²) in [5.74, 6) is 0.702. The maximum Gasteiger partial charge on any atom is 0.394 e. The number of oxazole rings is 1. The molecule has 0 aliphatic carbocycles. The summed E-state index contributed by atoms with van der Waals surface area (Å²) in [5, 5.41) is 0. The van der Waals surface area contributed by atoms with Gasteiger partial charge in [-0.25, -0.2) is 0 Å². The van der Waals surface area contributed by atoms with Crippen molar-refractivity contribution >= 4 is 11.1 Å². The van der Waals surface area contributed by atoms with Gasteiger partial charge in [-0.2, -0.15) is 4.98 Å². The van der Waals surface area contributed by atoms with Gasteiger partial charge in [0.2, 0.25) is 0 Å². The van der Waals surface area contributed by atoms with Crippen LogP contribution in [0.15, 0.2) is 22.6 Å². The molecular weight excluding hydrogens is 194 g/mol. The van der Waals surface area contributed by atoms with Gasteiger partial charge in [0.15, 0.2) is 11.3 Å². The van der Waals surface area contributed by atoms with Crippen LogP contribution >= 0.6 is 0 Å². The average Bonchev–Trinajstić information content (AvgIpc) is 2.62. The first kappa shape index (κ1) is 9.83. The normalized spacial score (nSPS) is 10.5. The standard InChI is InChI=1S/C11H13NO3/c1-3-13-9-7-5-6-8-10(9)15-11(12-8)14-4-2/h5-7H,3-4H2,1-2H3. The smallest absolute Gasteiger partial charge is 0.394 e. The zero-order chi connectivity index (χ0) is 10.7. The molecule has 1 heterocycles. The highest BCUT2D eigenvalue weighted by atomic mass is 16.6. The van der Waals surface area contributed by atoms with Gasteiger partial charge in [-0.3, -0.25) is 0 Å². The Kier molecular flexibility index (Phi) is 2.76. The van der Waals surface area contributed by atoms with Crippen LogP contribution in [0.2, 0.25) is 0 Å². The molecule has 0 aliphatic heterocycles. The van der Waals surface area contributed by atoms with Crippen LogP contribution in [0.4, 0.5) is 0 Å². The molecule has 0 N–H and O–H groups in total. The largest absolute Gasteiger partial charge is 0.490 e. The summed E-state index contributed by atoms with van der Waals surface area (Å²) in [5.41, 5.74) is 1.40. The fraction of sp³-hybridized carbons (Fsp3) is 0.364. The van der Waals surface area contributed by atoms with Gasteiger partial charge in [-0.15, -0.1) is 0 Å². The highest BCUT2D eigenvalue weighted by molar-refractivity contribution is 5.79. The van der Waals surface area contributed by atoms with Crippen molar-refractivity contribution in [3.63, 3.8) is 0 Å². The van der Waals surface area contributed by atoms with Crippen molar-refractivity contribution in [2.45, 2.75) is 13.8 Å². The lowest BCUT2D eigenvalue weighted by Crippen LogP contribution is -1.90. The number of aromatic nitrogens is 1. The molecule has 0 bridgehead atoms. The molecular formula is C11H13NO3. The van der Waals surface area contributed by atoms with Crippen LogP contribution in [0.3, 0.4) is 0 Å². The third kappa shape index (κ3) is 1.88. The monoisotopic (exact) mass is 207 g/mol. The molecule has 0 fully saturated rings. The Hall–Kier alpha value is -1.71. The van der Waals surface area contributed by atoms with Crippen molar-refractivity contribution in [3.05, 3.63) is 18.2 Å². The summed E-state index contributed by atoms with van der Waals surface area (Å²) in [7, 11) is 0. The van der Waals surface area contributed by atoms with Gasteiger partial charge in [0.1, 0.15) is 5.52 Å². The minimum absolute atomic E-state index is 0.291. The molecule has 0 unspecified atom stereocenters. The zero-order valence-corrected chi connectivity index (χ0v) is 8.82. The maximum absolute atomic E-state index is 5.43. The summed E-state index contributed by atoms with van der Waals surface area (Å²) in [6.45, 7) is 4.96. The van der Waals surface area contributed by atoms with E-state index < -0.39 is 0 Å². The molecule has 1 aromatic carbocycles. The van der Waals surface area contributed by atoms with E-state index in [1.165, 1.54) is 0 Å². The number of rotatable bonds is 4. The summed E-state index contributed by atoms with van der Waals surface area (Å²) in [6, 6.07) is 5.60. The first-order valence-electron chi connectivity index (χ1n) is 5.00. The first-order valence-corrected chi connectivity index (χ1v) is 5.00. The van der Waals surface area contributed by atoms with E-state index in [4.69, 9.17) is 13.9 Å². The van der Waals surface area contributed by atoms with Gasteiger partial charge in [0.25, 0.3) is 0 Å². The van der Waals surface area contributed by atoms with E-state index >= 15 is 0 Å². The molecule has 2 aromatic rings. The molecule has 0 saturated heterocycles. The van der Waals surface area contributed by atoms with Crippen molar-refractivity contribution in [1.29, 1.82) is 0 Å². The lowest BCUT2D eigenvalue weighted by Gasteiger charge is -2.01. The van der Waals surface area contributed by atoms with Crippen LogP contribution in [0.25, 0.3) is 11.1 Å². The Morgan fingerprint density at radius 3 is 2.73 bits per heavy atom. The predicted molar refractivity (Wildman–Crippen MR) is 56.3 cm³/mol. The van der Waals surface area contributed by atoms with E-state index in [-0.39, 0.29) is 0 Å². The highest BCUT2D eigenvalue weighted by Gasteiger charge is 2.10. The molecule has 0 aliphatic rings. The van der Waals surface area contributed by atoms with Gasteiger partial charge in [0, 0.05) is 0 Å². The fourth-order valence-electron chi connectivity index (χ4n) is 1.36. The fourth-order valence-corrected chi connectivity index (χ4v) is 1.36. The second kappa shape index (κ2) is 4.21. The molecule has 4 heteroatoms. The molecule has 1 aromatic heterocycles. The Balaban J connectivity index is 2.44. The van der Waals surface area contributed by atoms with Crippen molar-refractivity contribution in [2.75, 3.05) is 13.2 Å². The molecule has 0 amide bonds. The number of fused-ring (bicyclic) bond motifs is 1. The molecule has 2 rings (SSSR count). The van der Waals surface area contributed by atoms with Crippen molar-refractivity contribution < 1.29 is 13.9 Å². The molecule has 0 saturated carbocycles. The second-order valence-corrected chi connectivity index (χ2v) is 2.95. The van der Waals surface area contributed by atoms with Crippen LogP contribution in [-0.4, -0.2) is 18.2 Å². The third-order valence-electron chi connectivity index (χ3n) is 1.93. The Morgan fingerprint density at radius 2 is 2.00 bits per heavy atom. The number of hydrogen-bond donors (Lipinski definition) is 0. The Bertz CT molecular complexity index is 450. The van der Waals surface area contributed by atoms with E-state index in [9.17, 15) is 0 Å². The van der Waals surface area contributed by atoms with E-state index in [0.717, 1.165) is 5.52 Å². The minimum Gasteiger partial charge on any atom is -0.490 e. The van der Waals surface area contributed by atoms with Crippen LogP contribution in [0.5, 0.6) is 11.8 Å². The van der Waals surface area contributed by atoms with Gasteiger partial charge < -0.3 is 13.9 Å². The summed E-state index contributed by atoms with van der Waals surface area (Å²) in [6.07, 6.45) is 0.291. The number of hydrogen-bond acceptors (Lipinski definition) is 4. The van der Waals surface area contributed by atoms with Crippen molar-refractivity contribution in [3.8, 4) is 11.8 Å². The molecule has 0 spiro atoms. The second-order valence-electron chi connectivity index (χ2n) is 2.95. The molecule has 15 heavy (non-hydrogen) atoms. The quantitative estimate of drug-likeness (QED) is 0.773. The Morgan fingerprint density at radius 1 is 1.20 bits per heavy atom. The van der Waals surface area contributed by atoms with Gasteiger partial charge in [-0.1, -0.05) is 6.07 Å². The number of nitrogens with zero attached hydrogens (tertiary/aromatic N) is 1. The lowest BCUT2D eigenvalue weighted by molar-refractivity contribution is 0.248. The molecule has 80 valence electrons. The van der Waals surface area contributed by atoms with E-state index in [0.29, 0.717) is 30.6 Å². The van der Waals surface area contributed by atoms with Crippen LogP contribution in [-0.2, 0) is 0 Å². The molecule has 0 radical (unpaired) electrons. The van der Waals surface area contributed by atoms with E-state index in [2.05, 4.69) is 4.98 Å². The first-order chi connectivity index (χ1) is 7.35. The minimum atomic E-state index is 0.291. The molecule has 0 atom stereocenters. The van der Waals surface area contributed by atoms with Crippen molar-refractivity contribution in [2.24, 2.45) is 0 Å². The number of para-hydroxylation sites is 1. The molecule has 4 nitrogen and oxygen atoms in total. The number of ether oxygens (including phenoxy) is 2. The van der Waals surface area contributed by atoms with Crippen LogP contribution in [0, 0.1) is 0 Å². The Labute approximate surface area is 87.8 Å². The van der Waals surface area contributed by atoms with E-state index in [1.54, 1.807) is 0 Å². The van der Waals surface area contributed by atoms with Gasteiger partial charge in [-0.05, 0) is 26.0 Å². The summed E-state index contributed by atoms with van der Waals surface area (Å²) in [4.78, 5) is 4.18. The summed E-state index contributed by atoms with van der Waals surface area (Å²) >= 11 is 0. The maximum atomic E-state index is 5.43. The average molecular weight is 207 g/mol. The van der Waals surface area contributed by atoms with Crippen molar-refractivity contribution in [1.82, 2.24) is 4.98 Å². The lowest BCUT2D eigenvalue weighted by atomic mass is 10.3. The zero-order valence-electron chi connectivity index (χ0n) is 8.82. The number of benzene rings is 1. The predicted octanol–water partition coefficient (Wildman–Crippen LogP) is 2.63. The topological polar surface area (TPSA) is 44.5 Å².